The number of alkyl carbamates (subject to hydrolysis) is 1. The van der Waals surface area contributed by atoms with Crippen LogP contribution in [-0.4, -0.2) is 60.6 Å². The van der Waals surface area contributed by atoms with Crippen molar-refractivity contribution in [2.24, 2.45) is 4.99 Å². The average molecular weight is 456 g/mol. The van der Waals surface area contributed by atoms with Crippen molar-refractivity contribution in [2.45, 2.75) is 32.9 Å². The van der Waals surface area contributed by atoms with Gasteiger partial charge in [-0.3, -0.25) is 0 Å². The minimum absolute atomic E-state index is 0.372. The number of likely N-dealkylation sites (N-methyl/N-ethyl adjacent to an activating group) is 1. The number of anilines is 2. The number of hydrogen-bond acceptors (Lipinski definition) is 6. The van der Waals surface area contributed by atoms with Gasteiger partial charge in [-0.2, -0.15) is 0 Å². The molecule has 2 aliphatic rings. The van der Waals surface area contributed by atoms with Gasteiger partial charge in [-0.25, -0.2) is 9.79 Å². The molecule has 0 aromatic heterocycles. The molecule has 32 heavy (non-hydrogen) atoms. The third kappa shape index (κ3) is 5.34. The number of benzene rings is 2. The Hall–Kier alpha value is -2.77. The van der Waals surface area contributed by atoms with Crippen LogP contribution in [0, 0.1) is 0 Å². The molecule has 1 fully saturated rings. The van der Waals surface area contributed by atoms with E-state index < -0.39 is 11.7 Å². The number of ether oxygens (including phenoxy) is 1. The lowest BCUT2D eigenvalue weighted by Crippen LogP contribution is -2.47. The molecule has 2 aliphatic heterocycles. The molecule has 0 bridgehead atoms. The molecule has 4 rings (SSSR count). The number of carbonyl (C=O) groups is 1. The van der Waals surface area contributed by atoms with Gasteiger partial charge in [-0.05, 0) is 63.7 Å². The molecule has 2 aromatic rings. The zero-order chi connectivity index (χ0) is 22.9. The fourth-order valence-corrected chi connectivity index (χ4v) is 3.93. The molecule has 0 aliphatic carbocycles. The van der Waals surface area contributed by atoms with Gasteiger partial charge in [0.1, 0.15) is 11.4 Å². The summed E-state index contributed by atoms with van der Waals surface area (Å²) in [6.45, 7) is 9.66. The highest BCUT2D eigenvalue weighted by Crippen LogP contribution is 2.37. The van der Waals surface area contributed by atoms with E-state index in [-0.39, 0.29) is 0 Å². The van der Waals surface area contributed by atoms with E-state index >= 15 is 0 Å². The summed E-state index contributed by atoms with van der Waals surface area (Å²) in [7, 11) is 2.14. The number of hydrogen-bond donors (Lipinski definition) is 2. The Morgan fingerprint density at radius 2 is 1.84 bits per heavy atom. The predicted molar refractivity (Wildman–Crippen MR) is 130 cm³/mol. The van der Waals surface area contributed by atoms with E-state index in [9.17, 15) is 4.79 Å². The molecule has 0 radical (unpaired) electrons. The van der Waals surface area contributed by atoms with E-state index in [1.165, 1.54) is 0 Å². The number of amides is 1. The van der Waals surface area contributed by atoms with E-state index in [2.05, 4.69) is 33.5 Å². The van der Waals surface area contributed by atoms with Gasteiger partial charge < -0.3 is 25.2 Å². The summed E-state index contributed by atoms with van der Waals surface area (Å²) in [6.07, 6.45) is -0.430. The van der Waals surface area contributed by atoms with E-state index in [4.69, 9.17) is 21.3 Å². The van der Waals surface area contributed by atoms with Crippen LogP contribution in [0.25, 0.3) is 0 Å². The number of fused-ring (bicyclic) bond motifs is 2. The van der Waals surface area contributed by atoms with Gasteiger partial charge >= 0.3 is 6.09 Å². The Balaban J connectivity index is 1.65. The summed E-state index contributed by atoms with van der Waals surface area (Å²) < 4.78 is 5.36. The second kappa shape index (κ2) is 9.00. The summed E-state index contributed by atoms with van der Waals surface area (Å²) in [6, 6.07) is 11.8. The Morgan fingerprint density at radius 3 is 2.56 bits per heavy atom. The van der Waals surface area contributed by atoms with Crippen LogP contribution in [0.3, 0.4) is 0 Å². The predicted octanol–water partition coefficient (Wildman–Crippen LogP) is 4.75. The number of rotatable bonds is 2. The lowest BCUT2D eigenvalue weighted by molar-refractivity contribution is 0.0523. The summed E-state index contributed by atoms with van der Waals surface area (Å²) >= 11 is 6.27. The Bertz CT molecular complexity index is 1040. The lowest BCUT2D eigenvalue weighted by atomic mass is 10.1. The molecular formula is C24H30ClN5O2. The van der Waals surface area contributed by atoms with Gasteiger partial charge in [0, 0.05) is 49.0 Å². The smallest absolute Gasteiger partial charge is 0.407 e. The highest BCUT2D eigenvalue weighted by atomic mass is 35.5. The number of amidine groups is 1. The fraction of sp³-hybridized carbons (Fsp3) is 0.417. The van der Waals surface area contributed by atoms with Crippen molar-refractivity contribution in [3.05, 3.63) is 52.5 Å². The number of halogens is 1. The zero-order valence-corrected chi connectivity index (χ0v) is 19.8. The van der Waals surface area contributed by atoms with E-state index in [0.717, 1.165) is 60.2 Å². The standard InChI is InChI=1S/C24H30ClN5O2/c1-24(2,3)32-23(31)26-15-16-5-7-19-18(13-16)22(30-11-9-29(4)10-12-30)28-21-14-17(25)6-8-20(21)27-19/h5-8,13-14,27H,9-12,15H2,1-4H3,(H,26,31). The molecule has 2 aromatic carbocycles. The molecule has 1 amide bonds. The van der Waals surface area contributed by atoms with Gasteiger partial charge in [0.25, 0.3) is 0 Å². The summed E-state index contributed by atoms with van der Waals surface area (Å²) in [5.41, 5.74) is 4.16. The molecule has 1 saturated heterocycles. The summed E-state index contributed by atoms with van der Waals surface area (Å²) in [5, 5.41) is 7.01. The van der Waals surface area contributed by atoms with Crippen LogP contribution < -0.4 is 10.6 Å². The largest absolute Gasteiger partial charge is 0.444 e. The number of aliphatic imine (C=N–C) groups is 1. The normalized spacial score (nSPS) is 16.3. The van der Waals surface area contributed by atoms with Crippen LogP contribution in [-0.2, 0) is 11.3 Å². The SMILES string of the molecule is CN1CCN(C2=Nc3cc(Cl)ccc3Nc3ccc(CNC(=O)OC(C)(C)C)cc32)CC1. The maximum absolute atomic E-state index is 12.1. The Morgan fingerprint density at radius 1 is 1.12 bits per heavy atom. The third-order valence-electron chi connectivity index (χ3n) is 5.42. The molecule has 0 saturated carbocycles. The minimum Gasteiger partial charge on any atom is -0.444 e. The van der Waals surface area contributed by atoms with Crippen LogP contribution in [0.15, 0.2) is 41.4 Å². The second-order valence-corrected chi connectivity index (χ2v) is 9.68. The monoisotopic (exact) mass is 455 g/mol. The highest BCUT2D eigenvalue weighted by Gasteiger charge is 2.25. The number of carbonyl (C=O) groups excluding carboxylic acids is 1. The maximum atomic E-state index is 12.1. The minimum atomic E-state index is -0.532. The molecule has 0 atom stereocenters. The molecule has 8 heteroatoms. The topological polar surface area (TPSA) is 69.2 Å². The molecule has 170 valence electrons. The molecule has 0 unspecified atom stereocenters. The average Bonchev–Trinajstić information content (AvgIpc) is 2.88. The van der Waals surface area contributed by atoms with Crippen molar-refractivity contribution in [1.29, 1.82) is 0 Å². The molecule has 2 N–H and O–H groups in total. The fourth-order valence-electron chi connectivity index (χ4n) is 3.77. The van der Waals surface area contributed by atoms with E-state index in [1.54, 1.807) is 0 Å². The van der Waals surface area contributed by atoms with Crippen LogP contribution in [0.1, 0.15) is 31.9 Å². The number of piperazine rings is 1. The van der Waals surface area contributed by atoms with Crippen molar-refractivity contribution in [3.63, 3.8) is 0 Å². The maximum Gasteiger partial charge on any atom is 0.407 e. The Labute approximate surface area is 194 Å². The first-order valence-electron chi connectivity index (χ1n) is 10.9. The first kappa shape index (κ1) is 22.4. The van der Waals surface area contributed by atoms with Crippen LogP contribution in [0.2, 0.25) is 5.02 Å². The first-order valence-corrected chi connectivity index (χ1v) is 11.2. The van der Waals surface area contributed by atoms with Crippen molar-refractivity contribution in [2.75, 3.05) is 38.5 Å². The van der Waals surface area contributed by atoms with Crippen LogP contribution >= 0.6 is 11.6 Å². The summed E-state index contributed by atoms with van der Waals surface area (Å²) in [5.74, 6) is 0.917. The van der Waals surface area contributed by atoms with Gasteiger partial charge in [-0.15, -0.1) is 0 Å². The van der Waals surface area contributed by atoms with Gasteiger partial charge in [-0.1, -0.05) is 17.7 Å². The highest BCUT2D eigenvalue weighted by molar-refractivity contribution is 6.31. The molecule has 2 heterocycles. The molecular weight excluding hydrogens is 426 g/mol. The van der Waals surface area contributed by atoms with Crippen LogP contribution in [0.5, 0.6) is 0 Å². The molecule has 7 nitrogen and oxygen atoms in total. The number of nitrogens with zero attached hydrogens (tertiary/aromatic N) is 3. The first-order chi connectivity index (χ1) is 15.2. The van der Waals surface area contributed by atoms with Gasteiger partial charge in [0.15, 0.2) is 0 Å². The van der Waals surface area contributed by atoms with Crippen molar-refractivity contribution in [1.82, 2.24) is 15.1 Å². The molecule has 0 spiro atoms. The van der Waals surface area contributed by atoms with Crippen molar-refractivity contribution in [3.8, 4) is 0 Å². The van der Waals surface area contributed by atoms with Gasteiger partial charge in [0.2, 0.25) is 0 Å². The van der Waals surface area contributed by atoms with E-state index in [0.29, 0.717) is 11.6 Å². The third-order valence-corrected chi connectivity index (χ3v) is 5.65. The second-order valence-electron chi connectivity index (χ2n) is 9.25. The van der Waals surface area contributed by atoms with Gasteiger partial charge in [0.05, 0.1) is 11.4 Å². The quantitative estimate of drug-likeness (QED) is 0.684. The number of nitrogens with one attached hydrogen (secondary N) is 2. The van der Waals surface area contributed by atoms with Crippen molar-refractivity contribution < 1.29 is 9.53 Å². The zero-order valence-electron chi connectivity index (χ0n) is 19.0. The van der Waals surface area contributed by atoms with Crippen LogP contribution in [0.4, 0.5) is 21.9 Å². The van der Waals surface area contributed by atoms with Crippen molar-refractivity contribution >= 4 is 40.6 Å². The lowest BCUT2D eigenvalue weighted by Gasteiger charge is -2.35. The Kier molecular flexibility index (Phi) is 6.31. The van der Waals surface area contributed by atoms with E-state index in [1.807, 2.05) is 51.1 Å². The summed E-state index contributed by atoms with van der Waals surface area (Å²) in [4.78, 5) is 21.8.